The summed E-state index contributed by atoms with van der Waals surface area (Å²) in [5.74, 6) is -1.12. The van der Waals surface area contributed by atoms with E-state index in [2.05, 4.69) is 0 Å². The molecule has 1 N–H and O–H groups in total. The predicted molar refractivity (Wildman–Crippen MR) is 111 cm³/mol. The van der Waals surface area contributed by atoms with E-state index in [0.717, 1.165) is 11.3 Å². The quantitative estimate of drug-likeness (QED) is 0.591. The van der Waals surface area contributed by atoms with Crippen molar-refractivity contribution in [1.82, 2.24) is 0 Å². The molecule has 0 aromatic heterocycles. The van der Waals surface area contributed by atoms with Crippen molar-refractivity contribution >= 4 is 5.97 Å². The van der Waals surface area contributed by atoms with E-state index in [1.807, 2.05) is 38.1 Å². The minimum Gasteiger partial charge on any atom is -0.497 e. The van der Waals surface area contributed by atoms with Crippen LogP contribution in [0.1, 0.15) is 46.1 Å². The molecule has 0 spiro atoms. The Morgan fingerprint density at radius 3 is 2.35 bits per heavy atom. The number of methoxy groups -OCH3 is 1. The molecule has 172 valence electrons. The molecule has 0 saturated carbocycles. The van der Waals surface area contributed by atoms with Crippen molar-refractivity contribution < 1.29 is 38.3 Å². The largest absolute Gasteiger partial charge is 0.497 e. The zero-order valence-electron chi connectivity index (χ0n) is 18.8. The summed E-state index contributed by atoms with van der Waals surface area (Å²) < 4.78 is 33.7. The summed E-state index contributed by atoms with van der Waals surface area (Å²) in [6.07, 6.45) is 0.295. The van der Waals surface area contributed by atoms with Gasteiger partial charge in [-0.1, -0.05) is 12.1 Å². The molecular formula is C23H32O8. The molecular weight excluding hydrogens is 404 g/mol. The van der Waals surface area contributed by atoms with Crippen LogP contribution in [0, 0.1) is 0 Å². The molecule has 3 atom stereocenters. The highest BCUT2D eigenvalue weighted by atomic mass is 16.8. The molecule has 3 rings (SSSR count). The van der Waals surface area contributed by atoms with Gasteiger partial charge >= 0.3 is 5.97 Å². The van der Waals surface area contributed by atoms with E-state index in [0.29, 0.717) is 25.4 Å². The predicted octanol–water partition coefficient (Wildman–Crippen LogP) is 3.07. The number of hydrogen-bond acceptors (Lipinski definition) is 8. The molecule has 2 aliphatic heterocycles. The molecule has 0 radical (unpaired) electrons. The summed E-state index contributed by atoms with van der Waals surface area (Å²) in [5.41, 5.74) is 1.02. The minimum absolute atomic E-state index is 0.179. The van der Waals surface area contributed by atoms with Crippen LogP contribution in [0.2, 0.25) is 0 Å². The molecule has 0 bridgehead atoms. The Bertz CT molecular complexity index is 783. The molecule has 0 aliphatic carbocycles. The number of cyclic esters (lactones) is 1. The van der Waals surface area contributed by atoms with Gasteiger partial charge in [-0.3, -0.25) is 0 Å². The standard InChI is InChI=1S/C23H32O8/c1-22(2)28-18(12-21(25)31-22)10-16(24)11-19-20(30-23(3,4)29-19)14-27-13-15-6-8-17(26-5)9-7-15/h6-9,12,16,19-20,24H,10-11,13-14H2,1-5H3/t16-,19+,20+/m0/s1. The Kier molecular flexibility index (Phi) is 7.26. The summed E-state index contributed by atoms with van der Waals surface area (Å²) in [4.78, 5) is 11.7. The summed E-state index contributed by atoms with van der Waals surface area (Å²) in [6.45, 7) is 7.72. The van der Waals surface area contributed by atoms with E-state index in [1.54, 1.807) is 21.0 Å². The lowest BCUT2D eigenvalue weighted by molar-refractivity contribution is -0.206. The number of aliphatic hydroxyl groups is 1. The summed E-state index contributed by atoms with van der Waals surface area (Å²) in [5, 5.41) is 10.6. The van der Waals surface area contributed by atoms with Gasteiger partial charge in [-0.25, -0.2) is 4.79 Å². The fraction of sp³-hybridized carbons (Fsp3) is 0.609. The van der Waals surface area contributed by atoms with Crippen molar-refractivity contribution in [3.05, 3.63) is 41.7 Å². The molecule has 1 aromatic carbocycles. The third-order valence-corrected chi connectivity index (χ3v) is 4.94. The van der Waals surface area contributed by atoms with Crippen LogP contribution in [0.25, 0.3) is 0 Å². The maximum atomic E-state index is 11.7. The molecule has 31 heavy (non-hydrogen) atoms. The topological polar surface area (TPSA) is 92.7 Å². The van der Waals surface area contributed by atoms with E-state index in [9.17, 15) is 9.90 Å². The zero-order valence-corrected chi connectivity index (χ0v) is 18.8. The molecule has 1 aromatic rings. The van der Waals surface area contributed by atoms with Crippen LogP contribution in [0.3, 0.4) is 0 Å². The molecule has 2 aliphatic rings. The summed E-state index contributed by atoms with van der Waals surface area (Å²) >= 11 is 0. The highest BCUT2D eigenvalue weighted by Gasteiger charge is 2.42. The second kappa shape index (κ2) is 9.56. The van der Waals surface area contributed by atoms with Crippen LogP contribution >= 0.6 is 0 Å². The average Bonchev–Trinajstić information content (AvgIpc) is 2.93. The van der Waals surface area contributed by atoms with Crippen molar-refractivity contribution in [3.8, 4) is 5.75 Å². The van der Waals surface area contributed by atoms with Gasteiger partial charge in [0.05, 0.1) is 38.6 Å². The highest BCUT2D eigenvalue weighted by Crippen LogP contribution is 2.33. The number of esters is 1. The van der Waals surface area contributed by atoms with Crippen LogP contribution in [0.4, 0.5) is 0 Å². The third kappa shape index (κ3) is 6.93. The van der Waals surface area contributed by atoms with Crippen LogP contribution in [-0.2, 0) is 35.1 Å². The number of rotatable bonds is 9. The normalized spacial score (nSPS) is 25.4. The number of hydrogen-bond donors (Lipinski definition) is 1. The van der Waals surface area contributed by atoms with E-state index >= 15 is 0 Å². The first-order valence-electron chi connectivity index (χ1n) is 10.4. The lowest BCUT2D eigenvalue weighted by Gasteiger charge is -2.31. The summed E-state index contributed by atoms with van der Waals surface area (Å²) in [7, 11) is 1.63. The first-order chi connectivity index (χ1) is 14.5. The minimum atomic E-state index is -1.05. The van der Waals surface area contributed by atoms with E-state index in [-0.39, 0.29) is 18.6 Å². The highest BCUT2D eigenvalue weighted by molar-refractivity contribution is 5.83. The van der Waals surface area contributed by atoms with Crippen molar-refractivity contribution in [2.75, 3.05) is 13.7 Å². The Morgan fingerprint density at radius 1 is 1.03 bits per heavy atom. The Hall–Kier alpha value is -2.13. The number of benzene rings is 1. The van der Waals surface area contributed by atoms with Gasteiger partial charge in [0.25, 0.3) is 0 Å². The van der Waals surface area contributed by atoms with Gasteiger partial charge in [-0.15, -0.1) is 0 Å². The Balaban J connectivity index is 1.52. The molecule has 1 saturated heterocycles. The molecule has 8 heteroatoms. The smallest absolute Gasteiger partial charge is 0.337 e. The zero-order chi connectivity index (χ0) is 22.6. The fourth-order valence-electron chi connectivity index (χ4n) is 3.72. The molecule has 2 heterocycles. The van der Waals surface area contributed by atoms with E-state index < -0.39 is 23.6 Å². The van der Waals surface area contributed by atoms with Crippen LogP contribution in [0.5, 0.6) is 5.75 Å². The van der Waals surface area contributed by atoms with Gasteiger partial charge in [0.15, 0.2) is 5.79 Å². The van der Waals surface area contributed by atoms with Gasteiger partial charge in [-0.05, 0) is 31.5 Å². The maximum Gasteiger partial charge on any atom is 0.337 e. The second-order valence-corrected chi connectivity index (χ2v) is 8.70. The summed E-state index contributed by atoms with van der Waals surface area (Å²) in [6, 6.07) is 7.66. The van der Waals surface area contributed by atoms with Gasteiger partial charge in [0, 0.05) is 26.7 Å². The van der Waals surface area contributed by atoms with Gasteiger partial charge in [0.1, 0.15) is 17.6 Å². The maximum absolute atomic E-state index is 11.7. The van der Waals surface area contributed by atoms with Crippen molar-refractivity contribution in [1.29, 1.82) is 0 Å². The number of carbonyl (C=O) groups excluding carboxylic acids is 1. The van der Waals surface area contributed by atoms with Crippen molar-refractivity contribution in [2.45, 2.75) is 77.0 Å². The first kappa shape index (κ1) is 23.5. The average molecular weight is 437 g/mol. The lowest BCUT2D eigenvalue weighted by Crippen LogP contribution is -2.36. The van der Waals surface area contributed by atoms with Crippen molar-refractivity contribution in [2.24, 2.45) is 0 Å². The molecule has 1 fully saturated rings. The molecule has 0 amide bonds. The van der Waals surface area contributed by atoms with Gasteiger partial charge < -0.3 is 33.5 Å². The molecule has 8 nitrogen and oxygen atoms in total. The van der Waals surface area contributed by atoms with Crippen LogP contribution in [0.15, 0.2) is 36.1 Å². The van der Waals surface area contributed by atoms with Gasteiger partial charge in [-0.2, -0.15) is 0 Å². The number of carbonyl (C=O) groups is 1. The third-order valence-electron chi connectivity index (χ3n) is 4.94. The fourth-order valence-corrected chi connectivity index (χ4v) is 3.72. The molecule has 0 unspecified atom stereocenters. The van der Waals surface area contributed by atoms with Crippen LogP contribution < -0.4 is 4.74 Å². The second-order valence-electron chi connectivity index (χ2n) is 8.70. The Labute approximate surface area is 183 Å². The van der Waals surface area contributed by atoms with Crippen LogP contribution in [-0.4, -0.2) is 54.7 Å². The SMILES string of the molecule is COc1ccc(COC[C@H]2OC(C)(C)O[C@@H]2C[C@@H](O)CC2=CC(=O)OC(C)(C)O2)cc1. The van der Waals surface area contributed by atoms with E-state index in [1.165, 1.54) is 6.08 Å². The Morgan fingerprint density at radius 2 is 1.71 bits per heavy atom. The van der Waals surface area contributed by atoms with E-state index in [4.69, 9.17) is 28.4 Å². The monoisotopic (exact) mass is 436 g/mol. The number of ether oxygens (including phenoxy) is 6. The number of aliphatic hydroxyl groups excluding tert-OH is 1. The van der Waals surface area contributed by atoms with Gasteiger partial charge in [0.2, 0.25) is 5.79 Å². The lowest BCUT2D eigenvalue weighted by atomic mass is 10.0. The van der Waals surface area contributed by atoms with Crippen molar-refractivity contribution in [3.63, 3.8) is 0 Å². The first-order valence-corrected chi connectivity index (χ1v) is 10.4.